The molecule has 2 unspecified atom stereocenters. The monoisotopic (exact) mass is 597 g/mol. The van der Waals surface area contributed by atoms with Gasteiger partial charge in [0.25, 0.3) is 5.91 Å². The normalized spacial score (nSPS) is 19.2. The van der Waals surface area contributed by atoms with Crippen molar-refractivity contribution in [2.75, 3.05) is 24.5 Å². The highest BCUT2D eigenvalue weighted by Crippen LogP contribution is 2.41. The van der Waals surface area contributed by atoms with E-state index >= 15 is 0 Å². The minimum Gasteiger partial charge on any atom is -0.478 e. The number of hydrogen-bond donors (Lipinski definition) is 2. The lowest BCUT2D eigenvalue weighted by Gasteiger charge is -2.44. The van der Waals surface area contributed by atoms with E-state index in [4.69, 9.17) is 10.2 Å². The van der Waals surface area contributed by atoms with Crippen LogP contribution >= 0.6 is 0 Å². The van der Waals surface area contributed by atoms with Crippen LogP contribution in [0, 0.1) is 0 Å². The second-order valence-electron chi connectivity index (χ2n) is 11.2. The first-order chi connectivity index (χ1) is 21.3. The first kappa shape index (κ1) is 32.5. The molecule has 2 heterocycles. The van der Waals surface area contributed by atoms with Gasteiger partial charge in [-0.05, 0) is 87.9 Å². The maximum Gasteiger partial charge on any atom is 0.328 e. The number of rotatable bonds is 11. The van der Waals surface area contributed by atoms with Crippen LogP contribution in [0.2, 0.25) is 0 Å². The van der Waals surface area contributed by atoms with Crippen LogP contribution in [0.1, 0.15) is 55.5 Å². The molecule has 5 rings (SSSR count). The average molecular weight is 598 g/mol. The molecule has 2 N–H and O–H groups in total. The number of aliphatic carboxylic acids is 2. The molecule has 0 spiro atoms. The Bertz CT molecular complexity index is 1360. The maximum absolute atomic E-state index is 12.9. The summed E-state index contributed by atoms with van der Waals surface area (Å²) in [7, 11) is 0. The molecular weight excluding hydrogens is 554 g/mol. The van der Waals surface area contributed by atoms with Crippen molar-refractivity contribution in [3.8, 4) is 0 Å². The molecular formula is C36H43N3O5. The highest BCUT2D eigenvalue weighted by molar-refractivity contribution is 5.94. The van der Waals surface area contributed by atoms with Gasteiger partial charge in [0, 0.05) is 66.9 Å². The van der Waals surface area contributed by atoms with Gasteiger partial charge in [-0.2, -0.15) is 0 Å². The number of carbonyl (C=O) groups is 3. The number of carboxylic acid groups (broad SMARTS) is 2. The number of para-hydroxylation sites is 1. The fourth-order valence-electron chi connectivity index (χ4n) is 6.48. The van der Waals surface area contributed by atoms with Crippen LogP contribution in [0.4, 0.5) is 11.4 Å². The lowest BCUT2D eigenvalue weighted by Crippen LogP contribution is -2.50. The summed E-state index contributed by atoms with van der Waals surface area (Å²) in [6.45, 7) is 6.69. The number of carboxylic acids is 2. The molecule has 8 nitrogen and oxygen atoms in total. The average Bonchev–Trinajstić information content (AvgIpc) is 3.28. The molecule has 2 bridgehead atoms. The highest BCUT2D eigenvalue weighted by atomic mass is 16.4. The van der Waals surface area contributed by atoms with Gasteiger partial charge in [0.2, 0.25) is 0 Å². The van der Waals surface area contributed by atoms with E-state index in [-0.39, 0.29) is 5.91 Å². The first-order valence-electron chi connectivity index (χ1n) is 15.5. The minimum absolute atomic E-state index is 0.113. The Morgan fingerprint density at radius 3 is 1.75 bits per heavy atom. The molecule has 1 amide bonds. The Labute approximate surface area is 260 Å². The van der Waals surface area contributed by atoms with E-state index in [2.05, 4.69) is 82.6 Å². The number of fused-ring (bicyclic) bond motifs is 2. The van der Waals surface area contributed by atoms with Crippen molar-refractivity contribution in [1.29, 1.82) is 0 Å². The zero-order valence-electron chi connectivity index (χ0n) is 25.6. The second-order valence-corrected chi connectivity index (χ2v) is 11.2. The van der Waals surface area contributed by atoms with Crippen molar-refractivity contribution < 1.29 is 24.6 Å². The molecule has 3 aromatic rings. The van der Waals surface area contributed by atoms with E-state index in [1.807, 2.05) is 30.9 Å². The van der Waals surface area contributed by atoms with Crippen molar-refractivity contribution >= 4 is 29.2 Å². The smallest absolute Gasteiger partial charge is 0.328 e. The molecule has 0 radical (unpaired) electrons. The molecule has 232 valence electrons. The van der Waals surface area contributed by atoms with Crippen LogP contribution in [-0.2, 0) is 16.0 Å². The second kappa shape index (κ2) is 15.9. The van der Waals surface area contributed by atoms with E-state index in [1.165, 1.54) is 42.6 Å². The van der Waals surface area contributed by atoms with Crippen LogP contribution < -0.4 is 4.90 Å². The van der Waals surface area contributed by atoms with Gasteiger partial charge in [0.05, 0.1) is 0 Å². The number of hydrogen-bond acceptors (Lipinski definition) is 5. The standard InChI is InChI=1S/C32H39N3O.C4H4O4/c1-3-33(4-2)32(36)26-15-17-28(18-16-26)35(27-13-9-6-10-14-27)31-23-29-19-20-30(24-31)34(29)22-21-25-11-7-5-8-12-25;5-3(6)1-2-4(7)8/h5-18,29-31H,3-4,19-24H2,1-2H3;1-2H,(H,5,6)(H,7,8)/b;2-1+. The highest BCUT2D eigenvalue weighted by Gasteiger charge is 2.42. The quantitative estimate of drug-likeness (QED) is 0.252. The van der Waals surface area contributed by atoms with Gasteiger partial charge < -0.3 is 20.0 Å². The van der Waals surface area contributed by atoms with Crippen LogP contribution in [0.5, 0.6) is 0 Å². The van der Waals surface area contributed by atoms with Crippen molar-refractivity contribution in [2.45, 2.75) is 64.1 Å². The van der Waals surface area contributed by atoms with Gasteiger partial charge in [-0.3, -0.25) is 9.69 Å². The van der Waals surface area contributed by atoms with Gasteiger partial charge in [0.1, 0.15) is 0 Å². The van der Waals surface area contributed by atoms with Gasteiger partial charge in [-0.1, -0.05) is 48.5 Å². The fraction of sp³-hybridized carbons (Fsp3) is 0.361. The van der Waals surface area contributed by atoms with E-state index in [9.17, 15) is 14.4 Å². The van der Waals surface area contributed by atoms with E-state index < -0.39 is 11.9 Å². The van der Waals surface area contributed by atoms with Gasteiger partial charge in [0.15, 0.2) is 0 Å². The third-order valence-electron chi connectivity index (χ3n) is 8.57. The van der Waals surface area contributed by atoms with Crippen molar-refractivity contribution in [2.24, 2.45) is 0 Å². The third-order valence-corrected chi connectivity index (χ3v) is 8.57. The summed E-state index contributed by atoms with van der Waals surface area (Å²) in [5.41, 5.74) is 4.62. The third kappa shape index (κ3) is 8.57. The van der Waals surface area contributed by atoms with Crippen LogP contribution in [0.15, 0.2) is 97.1 Å². The number of benzene rings is 3. The summed E-state index contributed by atoms with van der Waals surface area (Å²) in [5.74, 6) is -2.40. The summed E-state index contributed by atoms with van der Waals surface area (Å²) in [6.07, 6.45) is 7.21. The van der Waals surface area contributed by atoms with Gasteiger partial charge >= 0.3 is 11.9 Å². The first-order valence-corrected chi connectivity index (χ1v) is 15.5. The predicted molar refractivity (Wildman–Crippen MR) is 173 cm³/mol. The Balaban J connectivity index is 0.000000488. The predicted octanol–water partition coefficient (Wildman–Crippen LogP) is 6.26. The topological polar surface area (TPSA) is 101 Å². The molecule has 2 aliphatic rings. The number of amides is 1. The molecule has 0 saturated carbocycles. The Morgan fingerprint density at radius 2 is 1.25 bits per heavy atom. The lowest BCUT2D eigenvalue weighted by molar-refractivity contribution is -0.134. The minimum atomic E-state index is -1.26. The molecule has 2 fully saturated rings. The Kier molecular flexibility index (Phi) is 11.7. The van der Waals surface area contributed by atoms with Gasteiger partial charge in [-0.15, -0.1) is 0 Å². The maximum atomic E-state index is 12.9. The molecule has 0 aliphatic carbocycles. The van der Waals surface area contributed by atoms with Crippen LogP contribution in [-0.4, -0.2) is 75.6 Å². The molecule has 2 aliphatic heterocycles. The Morgan fingerprint density at radius 1 is 0.750 bits per heavy atom. The number of anilines is 2. The van der Waals surface area contributed by atoms with E-state index in [1.54, 1.807) is 0 Å². The van der Waals surface area contributed by atoms with Crippen LogP contribution in [0.25, 0.3) is 0 Å². The van der Waals surface area contributed by atoms with Crippen molar-refractivity contribution in [3.63, 3.8) is 0 Å². The summed E-state index contributed by atoms with van der Waals surface area (Å²) < 4.78 is 0. The number of piperidine rings is 1. The fourth-order valence-corrected chi connectivity index (χ4v) is 6.48. The van der Waals surface area contributed by atoms with Gasteiger partial charge in [-0.25, -0.2) is 9.59 Å². The van der Waals surface area contributed by atoms with E-state index in [0.717, 1.165) is 31.6 Å². The molecule has 2 atom stereocenters. The zero-order valence-corrected chi connectivity index (χ0v) is 25.6. The lowest BCUT2D eigenvalue weighted by atomic mass is 9.94. The van der Waals surface area contributed by atoms with Crippen LogP contribution in [0.3, 0.4) is 0 Å². The summed E-state index contributed by atoms with van der Waals surface area (Å²) in [6, 6.07) is 31.7. The zero-order chi connectivity index (χ0) is 31.5. The largest absolute Gasteiger partial charge is 0.478 e. The summed E-state index contributed by atoms with van der Waals surface area (Å²) in [5, 5.41) is 15.6. The SMILES string of the molecule is CCN(CC)C(=O)c1ccc(N(c2ccccc2)C2CC3CCC(C2)N3CCc2ccccc2)cc1.O=C(O)/C=C/C(=O)O. The molecule has 0 aromatic heterocycles. The number of carbonyl (C=O) groups excluding carboxylic acids is 1. The Hall–Kier alpha value is -4.43. The van der Waals surface area contributed by atoms with Crippen molar-refractivity contribution in [3.05, 3.63) is 108 Å². The molecule has 3 aromatic carbocycles. The number of nitrogens with zero attached hydrogens (tertiary/aromatic N) is 3. The molecule has 44 heavy (non-hydrogen) atoms. The van der Waals surface area contributed by atoms with E-state index in [0.29, 0.717) is 30.3 Å². The molecule has 8 heteroatoms. The molecule has 2 saturated heterocycles. The summed E-state index contributed by atoms with van der Waals surface area (Å²) in [4.78, 5) is 39.2. The summed E-state index contributed by atoms with van der Waals surface area (Å²) >= 11 is 0. The van der Waals surface area contributed by atoms with Crippen molar-refractivity contribution in [1.82, 2.24) is 9.80 Å².